The predicted molar refractivity (Wildman–Crippen MR) is 105 cm³/mol. The molecule has 3 rings (SSSR count). The number of aryl methyl sites for hydroxylation is 2. The second kappa shape index (κ2) is 8.04. The molecule has 0 saturated heterocycles. The van der Waals surface area contributed by atoms with Gasteiger partial charge < -0.3 is 23.9 Å². The van der Waals surface area contributed by atoms with Crippen molar-refractivity contribution < 1.29 is 23.4 Å². The Hall–Kier alpha value is -3.48. The van der Waals surface area contributed by atoms with Crippen molar-refractivity contribution in [2.45, 2.75) is 13.8 Å². The van der Waals surface area contributed by atoms with E-state index in [9.17, 15) is 4.79 Å². The van der Waals surface area contributed by atoms with E-state index in [2.05, 4.69) is 10.3 Å². The lowest BCUT2D eigenvalue weighted by Gasteiger charge is -2.14. The molecule has 1 aromatic heterocycles. The summed E-state index contributed by atoms with van der Waals surface area (Å²) in [5.74, 6) is 2.35. The highest BCUT2D eigenvalue weighted by Crippen LogP contribution is 2.38. The Kier molecular flexibility index (Phi) is 5.54. The van der Waals surface area contributed by atoms with Crippen LogP contribution in [0.3, 0.4) is 0 Å². The van der Waals surface area contributed by atoms with Gasteiger partial charge >= 0.3 is 0 Å². The first kappa shape index (κ1) is 19.3. The van der Waals surface area contributed by atoms with Crippen LogP contribution in [0.2, 0.25) is 0 Å². The van der Waals surface area contributed by atoms with Crippen molar-refractivity contribution in [3.8, 4) is 28.5 Å². The molecule has 0 bridgehead atoms. The monoisotopic (exact) mass is 382 g/mol. The number of rotatable bonds is 6. The standard InChI is InChI=1S/C21H22N2O5/c1-12-19(22-13(2)28-12)14-6-8-16(9-7-14)23-21(24)15-10-17(25-3)20(27-5)18(11-15)26-4/h6-11H,1-5H3,(H,23,24). The number of methoxy groups -OCH3 is 3. The summed E-state index contributed by atoms with van der Waals surface area (Å²) < 4.78 is 21.3. The normalized spacial score (nSPS) is 10.5. The fraction of sp³-hybridized carbons (Fsp3) is 0.238. The van der Waals surface area contributed by atoms with Crippen LogP contribution in [0, 0.1) is 13.8 Å². The Bertz CT molecular complexity index is 968. The molecule has 28 heavy (non-hydrogen) atoms. The molecule has 0 aliphatic heterocycles. The van der Waals surface area contributed by atoms with Crippen LogP contribution in [0.25, 0.3) is 11.3 Å². The van der Waals surface area contributed by atoms with E-state index in [1.807, 2.05) is 38.1 Å². The highest BCUT2D eigenvalue weighted by atomic mass is 16.5. The molecule has 0 atom stereocenters. The molecule has 1 heterocycles. The molecule has 0 radical (unpaired) electrons. The number of amides is 1. The Morgan fingerprint density at radius 3 is 2.04 bits per heavy atom. The number of benzene rings is 2. The zero-order chi connectivity index (χ0) is 20.3. The third kappa shape index (κ3) is 3.78. The first-order chi connectivity index (χ1) is 13.5. The molecule has 2 aromatic carbocycles. The van der Waals surface area contributed by atoms with Gasteiger partial charge in [0.15, 0.2) is 17.4 Å². The van der Waals surface area contributed by atoms with E-state index in [0.29, 0.717) is 34.4 Å². The number of carbonyl (C=O) groups excluding carboxylic acids is 1. The topological polar surface area (TPSA) is 82.8 Å². The van der Waals surface area contributed by atoms with Gasteiger partial charge in [-0.3, -0.25) is 4.79 Å². The fourth-order valence-corrected chi connectivity index (χ4v) is 2.92. The molecule has 7 nitrogen and oxygen atoms in total. The van der Waals surface area contributed by atoms with Gasteiger partial charge in [0.05, 0.1) is 21.3 Å². The van der Waals surface area contributed by atoms with Crippen LogP contribution >= 0.6 is 0 Å². The minimum absolute atomic E-state index is 0.291. The number of carbonyl (C=O) groups is 1. The third-order valence-electron chi connectivity index (χ3n) is 4.25. The van der Waals surface area contributed by atoms with Gasteiger partial charge in [0.25, 0.3) is 5.91 Å². The van der Waals surface area contributed by atoms with E-state index in [0.717, 1.165) is 17.0 Å². The smallest absolute Gasteiger partial charge is 0.255 e. The molecule has 7 heteroatoms. The first-order valence-corrected chi connectivity index (χ1v) is 8.62. The minimum atomic E-state index is -0.291. The van der Waals surface area contributed by atoms with Crippen LogP contribution in [0.1, 0.15) is 22.0 Å². The summed E-state index contributed by atoms with van der Waals surface area (Å²) in [7, 11) is 4.52. The van der Waals surface area contributed by atoms with Crippen molar-refractivity contribution in [2.75, 3.05) is 26.6 Å². The van der Waals surface area contributed by atoms with Crippen LogP contribution < -0.4 is 19.5 Å². The van der Waals surface area contributed by atoms with Crippen LogP contribution in [-0.4, -0.2) is 32.2 Å². The summed E-state index contributed by atoms with van der Waals surface area (Å²) >= 11 is 0. The van der Waals surface area contributed by atoms with Gasteiger partial charge in [-0.05, 0) is 31.2 Å². The molecular formula is C21H22N2O5. The maximum Gasteiger partial charge on any atom is 0.255 e. The highest BCUT2D eigenvalue weighted by Gasteiger charge is 2.17. The van der Waals surface area contributed by atoms with E-state index in [4.69, 9.17) is 18.6 Å². The fourth-order valence-electron chi connectivity index (χ4n) is 2.92. The lowest BCUT2D eigenvalue weighted by molar-refractivity contribution is 0.102. The summed E-state index contributed by atoms with van der Waals surface area (Å²) in [6.07, 6.45) is 0. The molecule has 0 spiro atoms. The molecule has 0 aliphatic carbocycles. The van der Waals surface area contributed by atoms with Gasteiger partial charge in [0, 0.05) is 23.7 Å². The van der Waals surface area contributed by atoms with Crippen molar-refractivity contribution in [3.63, 3.8) is 0 Å². The average Bonchev–Trinajstić information content (AvgIpc) is 3.05. The Balaban J connectivity index is 1.82. The van der Waals surface area contributed by atoms with E-state index in [1.54, 1.807) is 12.1 Å². The number of hydrogen-bond acceptors (Lipinski definition) is 6. The van der Waals surface area contributed by atoms with Crippen molar-refractivity contribution >= 4 is 11.6 Å². The second-order valence-corrected chi connectivity index (χ2v) is 6.08. The number of nitrogens with zero attached hydrogens (tertiary/aromatic N) is 1. The number of hydrogen-bond donors (Lipinski definition) is 1. The summed E-state index contributed by atoms with van der Waals surface area (Å²) in [4.78, 5) is 17.1. The van der Waals surface area contributed by atoms with Gasteiger partial charge in [-0.1, -0.05) is 12.1 Å². The van der Waals surface area contributed by atoms with Crippen molar-refractivity contribution in [2.24, 2.45) is 0 Å². The largest absolute Gasteiger partial charge is 0.493 e. The highest BCUT2D eigenvalue weighted by molar-refractivity contribution is 6.05. The van der Waals surface area contributed by atoms with Gasteiger partial charge in [-0.15, -0.1) is 0 Å². The second-order valence-electron chi connectivity index (χ2n) is 6.08. The maximum atomic E-state index is 12.7. The number of aromatic nitrogens is 1. The molecular weight excluding hydrogens is 360 g/mol. The molecule has 0 fully saturated rings. The summed E-state index contributed by atoms with van der Waals surface area (Å²) in [5.41, 5.74) is 2.75. The molecule has 1 amide bonds. The van der Waals surface area contributed by atoms with E-state index >= 15 is 0 Å². The molecule has 146 valence electrons. The van der Waals surface area contributed by atoms with Crippen LogP contribution in [0.15, 0.2) is 40.8 Å². The van der Waals surface area contributed by atoms with Gasteiger partial charge in [0.1, 0.15) is 11.5 Å². The van der Waals surface area contributed by atoms with Gasteiger partial charge in [-0.25, -0.2) is 4.98 Å². The van der Waals surface area contributed by atoms with E-state index in [-0.39, 0.29) is 5.91 Å². The van der Waals surface area contributed by atoms with Crippen LogP contribution in [-0.2, 0) is 0 Å². The van der Waals surface area contributed by atoms with E-state index < -0.39 is 0 Å². The van der Waals surface area contributed by atoms with Gasteiger partial charge in [0.2, 0.25) is 5.75 Å². The lowest BCUT2D eigenvalue weighted by atomic mass is 10.1. The van der Waals surface area contributed by atoms with Crippen molar-refractivity contribution in [3.05, 3.63) is 53.6 Å². The minimum Gasteiger partial charge on any atom is -0.493 e. The van der Waals surface area contributed by atoms with Crippen molar-refractivity contribution in [1.82, 2.24) is 4.98 Å². The van der Waals surface area contributed by atoms with E-state index in [1.165, 1.54) is 21.3 Å². The molecule has 0 unspecified atom stereocenters. The Morgan fingerprint density at radius 2 is 1.57 bits per heavy atom. The summed E-state index contributed by atoms with van der Waals surface area (Å²) in [5, 5.41) is 2.86. The molecule has 0 aliphatic rings. The van der Waals surface area contributed by atoms with Crippen LogP contribution in [0.5, 0.6) is 17.2 Å². The zero-order valence-electron chi connectivity index (χ0n) is 16.5. The number of nitrogens with one attached hydrogen (secondary N) is 1. The summed E-state index contributed by atoms with van der Waals surface area (Å²) in [6, 6.07) is 10.6. The Labute approximate surface area is 163 Å². The third-order valence-corrected chi connectivity index (χ3v) is 4.25. The summed E-state index contributed by atoms with van der Waals surface area (Å²) in [6.45, 7) is 3.68. The molecule has 0 saturated carbocycles. The lowest BCUT2D eigenvalue weighted by Crippen LogP contribution is -2.12. The van der Waals surface area contributed by atoms with Gasteiger partial charge in [-0.2, -0.15) is 0 Å². The number of anilines is 1. The SMILES string of the molecule is COc1cc(C(=O)Nc2ccc(-c3nc(C)oc3C)cc2)cc(OC)c1OC. The maximum absolute atomic E-state index is 12.7. The Morgan fingerprint density at radius 1 is 0.964 bits per heavy atom. The first-order valence-electron chi connectivity index (χ1n) is 8.62. The zero-order valence-corrected chi connectivity index (χ0v) is 16.5. The number of oxazole rings is 1. The van der Waals surface area contributed by atoms with Crippen molar-refractivity contribution in [1.29, 1.82) is 0 Å². The van der Waals surface area contributed by atoms with Crippen LogP contribution in [0.4, 0.5) is 5.69 Å². The molecule has 3 aromatic rings. The molecule has 1 N–H and O–H groups in total. The predicted octanol–water partition coefficient (Wildman–Crippen LogP) is 4.24. The quantitative estimate of drug-likeness (QED) is 0.687. The average molecular weight is 382 g/mol. The number of ether oxygens (including phenoxy) is 3.